The zero-order valence-corrected chi connectivity index (χ0v) is 14.4. The molecule has 0 amide bonds. The summed E-state index contributed by atoms with van der Waals surface area (Å²) in [5.41, 5.74) is 0. The van der Waals surface area contributed by atoms with Crippen molar-refractivity contribution in [3.8, 4) is 0 Å². The molecule has 0 bridgehead atoms. The summed E-state index contributed by atoms with van der Waals surface area (Å²) in [7, 11) is -8.76. The summed E-state index contributed by atoms with van der Waals surface area (Å²) in [6.45, 7) is 0. The van der Waals surface area contributed by atoms with Crippen LogP contribution in [0.1, 0.15) is 0 Å². The minimum absolute atomic E-state index is 0.0730. The van der Waals surface area contributed by atoms with Crippen LogP contribution in [0.2, 0.25) is 0 Å². The first-order valence-electron chi connectivity index (χ1n) is 6.73. The minimum atomic E-state index is -4.67. The van der Waals surface area contributed by atoms with Gasteiger partial charge in [-0.2, -0.15) is 16.8 Å². The van der Waals surface area contributed by atoms with Crippen LogP contribution >= 0.6 is 0 Å². The van der Waals surface area contributed by atoms with E-state index in [9.17, 15) is 8.42 Å². The molecule has 9 heteroatoms. The van der Waals surface area contributed by atoms with Gasteiger partial charge in [-0.15, -0.1) is 0 Å². The molecule has 0 unspecified atom stereocenters. The summed E-state index contributed by atoms with van der Waals surface area (Å²) in [6.07, 6.45) is 0. The molecule has 25 heavy (non-hydrogen) atoms. The highest BCUT2D eigenvalue weighted by Crippen LogP contribution is 2.18. The molecule has 7 nitrogen and oxygen atoms in total. The lowest BCUT2D eigenvalue weighted by atomic mass is 10.1. The van der Waals surface area contributed by atoms with E-state index in [0.717, 1.165) is 10.8 Å². The average molecular weight is 384 g/mol. The van der Waals surface area contributed by atoms with Gasteiger partial charge >= 0.3 is 10.4 Å². The van der Waals surface area contributed by atoms with Gasteiger partial charge in [0.25, 0.3) is 10.1 Å². The number of benzene rings is 3. The van der Waals surface area contributed by atoms with Crippen molar-refractivity contribution in [1.82, 2.24) is 0 Å². The third-order valence-corrected chi connectivity index (χ3v) is 3.54. The number of hydrogen-bond acceptors (Lipinski definition) is 4. The smallest absolute Gasteiger partial charge is 0.282 e. The first kappa shape index (κ1) is 20.7. The number of fused-ring (bicyclic) bond motifs is 1. The topological polar surface area (TPSA) is 129 Å². The highest BCUT2D eigenvalue weighted by molar-refractivity contribution is 7.85. The van der Waals surface area contributed by atoms with Gasteiger partial charge < -0.3 is 0 Å². The van der Waals surface area contributed by atoms with Crippen LogP contribution in [0.3, 0.4) is 0 Å². The van der Waals surface area contributed by atoms with Gasteiger partial charge in [-0.1, -0.05) is 66.7 Å². The van der Waals surface area contributed by atoms with Crippen LogP contribution in [-0.4, -0.2) is 30.5 Å². The fraction of sp³-hybridized carbons (Fsp3) is 0. The van der Waals surface area contributed by atoms with Gasteiger partial charge in [0.1, 0.15) is 0 Å². The van der Waals surface area contributed by atoms with Crippen molar-refractivity contribution in [2.24, 2.45) is 0 Å². The van der Waals surface area contributed by atoms with E-state index in [0.29, 0.717) is 0 Å². The molecule has 0 aliphatic carbocycles. The highest BCUT2D eigenvalue weighted by atomic mass is 32.3. The summed E-state index contributed by atoms with van der Waals surface area (Å²) < 4.78 is 62.1. The number of rotatable bonds is 1. The van der Waals surface area contributed by atoms with Crippen LogP contribution in [0.5, 0.6) is 0 Å². The standard InChI is InChI=1S/C10H8O3S.C6H6.H2O4S/c11-14(12,13)10-6-5-8-3-1-2-4-9(8)7-10;1-2-4-6-5-3-1;1-5(2,3)4/h1-7H,(H,11,12,13);1-6H;(H2,1,2,3,4). The molecule has 3 aromatic carbocycles. The maximum Gasteiger partial charge on any atom is 0.394 e. The second-order valence-corrected chi connectivity index (χ2v) is 6.90. The van der Waals surface area contributed by atoms with Crippen LogP contribution in [0.15, 0.2) is 83.8 Å². The monoisotopic (exact) mass is 384 g/mol. The molecule has 0 aliphatic heterocycles. The predicted molar refractivity (Wildman–Crippen MR) is 94.4 cm³/mol. The van der Waals surface area contributed by atoms with E-state index in [1.54, 1.807) is 12.1 Å². The Morgan fingerprint density at radius 3 is 1.36 bits per heavy atom. The summed E-state index contributed by atoms with van der Waals surface area (Å²) in [6, 6.07) is 23.9. The molecule has 0 saturated carbocycles. The maximum atomic E-state index is 10.8. The molecular formula is C16H16O7S2. The summed E-state index contributed by atoms with van der Waals surface area (Å²) >= 11 is 0. The normalized spacial score (nSPS) is 10.8. The van der Waals surface area contributed by atoms with Crippen LogP contribution in [-0.2, 0) is 20.5 Å². The van der Waals surface area contributed by atoms with Crippen LogP contribution in [0, 0.1) is 0 Å². The van der Waals surface area contributed by atoms with Crippen LogP contribution in [0.4, 0.5) is 0 Å². The molecule has 0 spiro atoms. The largest absolute Gasteiger partial charge is 0.394 e. The molecule has 3 rings (SSSR count). The first-order valence-corrected chi connectivity index (χ1v) is 9.57. The molecule has 0 fully saturated rings. The lowest BCUT2D eigenvalue weighted by Gasteiger charge is -1.99. The van der Waals surface area contributed by atoms with Gasteiger partial charge in [-0.05, 0) is 22.9 Å². The second-order valence-electron chi connectivity index (χ2n) is 4.59. The molecule has 0 atom stereocenters. The van der Waals surface area contributed by atoms with Gasteiger partial charge in [0.15, 0.2) is 0 Å². The predicted octanol–water partition coefficient (Wildman–Crippen LogP) is 3.12. The molecule has 3 aromatic rings. The quantitative estimate of drug-likeness (QED) is 0.550. The third-order valence-electron chi connectivity index (χ3n) is 2.69. The molecule has 0 aromatic heterocycles. The molecule has 0 heterocycles. The van der Waals surface area contributed by atoms with Crippen molar-refractivity contribution < 1.29 is 30.5 Å². The van der Waals surface area contributed by atoms with Gasteiger partial charge in [0.2, 0.25) is 0 Å². The Hall–Kier alpha value is -2.30. The Labute approximate surface area is 145 Å². The van der Waals surface area contributed by atoms with Crippen molar-refractivity contribution in [2.45, 2.75) is 4.90 Å². The van der Waals surface area contributed by atoms with E-state index < -0.39 is 20.5 Å². The molecule has 0 saturated heterocycles. The lowest BCUT2D eigenvalue weighted by Crippen LogP contribution is -1.97. The Balaban J connectivity index is 0.000000235. The van der Waals surface area contributed by atoms with Crippen LogP contribution < -0.4 is 0 Å². The van der Waals surface area contributed by atoms with E-state index in [2.05, 4.69) is 0 Å². The fourth-order valence-corrected chi connectivity index (χ4v) is 2.23. The minimum Gasteiger partial charge on any atom is -0.282 e. The highest BCUT2D eigenvalue weighted by Gasteiger charge is 2.08. The van der Waals surface area contributed by atoms with Gasteiger partial charge in [-0.25, -0.2) is 0 Å². The molecule has 0 aliphatic rings. The van der Waals surface area contributed by atoms with Crippen molar-refractivity contribution in [3.63, 3.8) is 0 Å². The molecular weight excluding hydrogens is 368 g/mol. The maximum absolute atomic E-state index is 10.8. The van der Waals surface area contributed by atoms with Crippen molar-refractivity contribution in [1.29, 1.82) is 0 Å². The zero-order valence-electron chi connectivity index (χ0n) is 12.8. The molecule has 3 N–H and O–H groups in total. The van der Waals surface area contributed by atoms with Gasteiger partial charge in [0, 0.05) is 0 Å². The number of hydrogen-bond donors (Lipinski definition) is 3. The zero-order chi connectivity index (χ0) is 18.9. The fourth-order valence-electron chi connectivity index (χ4n) is 1.71. The Morgan fingerprint density at radius 2 is 0.960 bits per heavy atom. The Kier molecular flexibility index (Phi) is 7.68. The summed E-state index contributed by atoms with van der Waals surface area (Å²) in [4.78, 5) is -0.0730. The van der Waals surface area contributed by atoms with E-state index in [1.165, 1.54) is 12.1 Å². The van der Waals surface area contributed by atoms with E-state index >= 15 is 0 Å². The van der Waals surface area contributed by atoms with Crippen LogP contribution in [0.25, 0.3) is 10.8 Å². The average Bonchev–Trinajstić information content (AvgIpc) is 2.54. The van der Waals surface area contributed by atoms with E-state index in [1.807, 2.05) is 54.6 Å². The second kappa shape index (κ2) is 9.25. The van der Waals surface area contributed by atoms with Crippen molar-refractivity contribution in [2.75, 3.05) is 0 Å². The summed E-state index contributed by atoms with van der Waals surface area (Å²) in [5.74, 6) is 0. The van der Waals surface area contributed by atoms with Gasteiger partial charge in [-0.3, -0.25) is 13.7 Å². The van der Waals surface area contributed by atoms with Crippen molar-refractivity contribution in [3.05, 3.63) is 78.9 Å². The van der Waals surface area contributed by atoms with E-state index in [-0.39, 0.29) is 4.90 Å². The molecule has 0 radical (unpaired) electrons. The Morgan fingerprint density at radius 1 is 0.560 bits per heavy atom. The SMILES string of the molecule is O=S(=O)(O)O.O=S(=O)(O)c1ccc2ccccc2c1.c1ccccc1. The first-order chi connectivity index (χ1) is 11.6. The van der Waals surface area contributed by atoms with Crippen molar-refractivity contribution >= 4 is 31.3 Å². The lowest BCUT2D eigenvalue weighted by molar-refractivity contribution is 0.381. The van der Waals surface area contributed by atoms with Gasteiger partial charge in [0.05, 0.1) is 4.90 Å². The summed E-state index contributed by atoms with van der Waals surface area (Å²) in [5, 5.41) is 1.74. The Bertz CT molecular complexity index is 964. The molecule has 134 valence electrons. The third kappa shape index (κ3) is 9.55. The van der Waals surface area contributed by atoms with E-state index in [4.69, 9.17) is 22.1 Å².